The van der Waals surface area contributed by atoms with Gasteiger partial charge in [0, 0.05) is 19.7 Å². The van der Waals surface area contributed by atoms with Crippen LogP contribution in [-0.2, 0) is 14.3 Å². The minimum Gasteiger partial charge on any atom is -0.432 e. The van der Waals surface area contributed by atoms with E-state index in [2.05, 4.69) is 10.2 Å². The Bertz CT molecular complexity index is 576. The van der Waals surface area contributed by atoms with Crippen molar-refractivity contribution in [2.45, 2.75) is 30.8 Å². The number of rotatable bonds is 5. The Morgan fingerprint density at radius 3 is 2.76 bits per heavy atom. The summed E-state index contributed by atoms with van der Waals surface area (Å²) in [5, 5.41) is 7.99. The van der Waals surface area contributed by atoms with Crippen LogP contribution in [0.4, 0.5) is 9.93 Å². The van der Waals surface area contributed by atoms with Crippen molar-refractivity contribution in [2.75, 3.05) is 17.7 Å². The van der Waals surface area contributed by atoms with E-state index in [0.717, 1.165) is 33.3 Å². The molecule has 2 rings (SSSR count). The number of carbonyl (C=O) groups excluding carboxylic acids is 3. The minimum atomic E-state index is -1.24. The number of hydrogen-bond acceptors (Lipinski definition) is 8. The topological polar surface area (TPSA) is 92.7 Å². The number of hydrogen-bond donors (Lipinski definition) is 0. The number of anilines is 1. The lowest BCUT2D eigenvalue weighted by Crippen LogP contribution is -2.35. The number of likely N-dealkylation sites (N-methyl/N-ethyl adjacent to an activating group) is 1. The summed E-state index contributed by atoms with van der Waals surface area (Å²) < 4.78 is 5.54. The average molecular weight is 330 g/mol. The molecule has 0 aliphatic carbocycles. The van der Waals surface area contributed by atoms with Gasteiger partial charge in [-0.3, -0.25) is 14.5 Å². The maximum absolute atomic E-state index is 12.2. The molecule has 1 aliphatic rings. The van der Waals surface area contributed by atoms with Crippen molar-refractivity contribution >= 4 is 46.1 Å². The van der Waals surface area contributed by atoms with Crippen molar-refractivity contribution in [3.63, 3.8) is 0 Å². The van der Waals surface area contributed by atoms with Gasteiger partial charge in [0.05, 0.1) is 0 Å². The number of imide groups is 1. The summed E-state index contributed by atoms with van der Waals surface area (Å²) >= 11 is 2.67. The summed E-state index contributed by atoms with van der Waals surface area (Å²) in [7, 11) is 1.39. The number of aromatic nitrogens is 2. The molecule has 0 bridgehead atoms. The molecule has 1 fully saturated rings. The minimum absolute atomic E-state index is 0.185. The molecule has 3 amide bonds. The molecular weight excluding hydrogens is 316 g/mol. The predicted molar refractivity (Wildman–Crippen MR) is 77.1 cm³/mol. The highest BCUT2D eigenvalue weighted by Gasteiger charge is 2.47. The van der Waals surface area contributed by atoms with Crippen molar-refractivity contribution in [3.8, 4) is 0 Å². The van der Waals surface area contributed by atoms with Crippen LogP contribution in [0.3, 0.4) is 0 Å². The highest BCUT2D eigenvalue weighted by Crippen LogP contribution is 2.32. The fraction of sp³-hybridized carbons (Fsp3) is 0.545. The van der Waals surface area contributed by atoms with Crippen LogP contribution >= 0.6 is 23.1 Å². The Morgan fingerprint density at radius 2 is 2.14 bits per heavy atom. The van der Waals surface area contributed by atoms with Gasteiger partial charge < -0.3 is 4.74 Å². The molecule has 1 aliphatic heterocycles. The molecule has 114 valence electrons. The monoisotopic (exact) mass is 330 g/mol. The zero-order valence-corrected chi connectivity index (χ0v) is 13.4. The summed E-state index contributed by atoms with van der Waals surface area (Å²) in [6.07, 6.45) is -0.260. The van der Waals surface area contributed by atoms with Gasteiger partial charge in [0.15, 0.2) is 4.34 Å². The standard InChI is InChI=1S/C11H14N4O4S2/c1-4-5-20-10-13-12-9(21-10)15-7(17)8(19-6(2)16)14(3)11(15)18/h8H,4-5H2,1-3H3. The van der Waals surface area contributed by atoms with Crippen LogP contribution in [0.2, 0.25) is 0 Å². The van der Waals surface area contributed by atoms with E-state index < -0.39 is 24.1 Å². The Labute approximate surface area is 129 Å². The molecule has 0 saturated carbocycles. The van der Waals surface area contributed by atoms with Crippen molar-refractivity contribution in [2.24, 2.45) is 0 Å². The second-order valence-electron chi connectivity index (χ2n) is 4.23. The van der Waals surface area contributed by atoms with Gasteiger partial charge in [0.25, 0.3) is 12.1 Å². The van der Waals surface area contributed by atoms with Crippen LogP contribution in [0, 0.1) is 0 Å². The van der Waals surface area contributed by atoms with Gasteiger partial charge in [-0.05, 0) is 6.42 Å². The number of nitrogens with zero attached hydrogens (tertiary/aromatic N) is 4. The Hall–Kier alpha value is -1.68. The van der Waals surface area contributed by atoms with Gasteiger partial charge in [-0.2, -0.15) is 4.90 Å². The van der Waals surface area contributed by atoms with E-state index in [1.54, 1.807) is 0 Å². The number of amides is 3. The van der Waals surface area contributed by atoms with Crippen molar-refractivity contribution in [1.82, 2.24) is 15.1 Å². The number of urea groups is 1. The molecule has 21 heavy (non-hydrogen) atoms. The summed E-state index contributed by atoms with van der Waals surface area (Å²) in [4.78, 5) is 37.3. The molecule has 1 aromatic rings. The highest BCUT2D eigenvalue weighted by atomic mass is 32.2. The molecule has 1 unspecified atom stereocenters. The molecule has 0 spiro atoms. The van der Waals surface area contributed by atoms with Crippen LogP contribution in [0.25, 0.3) is 0 Å². The Kier molecular flexibility index (Phi) is 4.78. The predicted octanol–water partition coefficient (Wildman–Crippen LogP) is 1.33. The maximum Gasteiger partial charge on any atom is 0.336 e. The smallest absolute Gasteiger partial charge is 0.336 e. The molecule has 8 nitrogen and oxygen atoms in total. The molecule has 1 aromatic heterocycles. The SMILES string of the molecule is CCCSc1nnc(N2C(=O)C(OC(C)=O)N(C)C2=O)s1. The van der Waals surface area contributed by atoms with E-state index in [0.29, 0.717) is 4.34 Å². The lowest BCUT2D eigenvalue weighted by Gasteiger charge is -2.14. The first-order valence-corrected chi connectivity index (χ1v) is 8.00. The first-order valence-electron chi connectivity index (χ1n) is 6.20. The molecule has 0 aromatic carbocycles. The van der Waals surface area contributed by atoms with E-state index >= 15 is 0 Å². The largest absolute Gasteiger partial charge is 0.432 e. The van der Waals surface area contributed by atoms with Crippen LogP contribution in [0.15, 0.2) is 4.34 Å². The van der Waals surface area contributed by atoms with Gasteiger partial charge in [-0.25, -0.2) is 4.79 Å². The van der Waals surface area contributed by atoms with Gasteiger partial charge in [-0.1, -0.05) is 30.0 Å². The molecule has 0 N–H and O–H groups in total. The summed E-state index contributed by atoms with van der Waals surface area (Å²) in [6.45, 7) is 3.22. The third-order valence-electron chi connectivity index (χ3n) is 2.57. The number of ether oxygens (including phenoxy) is 1. The number of carbonyl (C=O) groups is 3. The van der Waals surface area contributed by atoms with E-state index in [9.17, 15) is 14.4 Å². The fourth-order valence-corrected chi connectivity index (χ4v) is 3.40. The summed E-state index contributed by atoms with van der Waals surface area (Å²) in [6, 6.07) is -0.588. The first kappa shape index (κ1) is 15.7. The van der Waals surface area contributed by atoms with Gasteiger partial charge in [0.1, 0.15) is 0 Å². The maximum atomic E-state index is 12.2. The molecule has 2 heterocycles. The quantitative estimate of drug-likeness (QED) is 0.348. The summed E-state index contributed by atoms with van der Waals surface area (Å²) in [5.74, 6) is -0.390. The Balaban J connectivity index is 2.19. The van der Waals surface area contributed by atoms with Crippen LogP contribution < -0.4 is 4.90 Å². The number of thioether (sulfide) groups is 1. The lowest BCUT2D eigenvalue weighted by atomic mass is 10.5. The highest BCUT2D eigenvalue weighted by molar-refractivity contribution is 8.01. The van der Waals surface area contributed by atoms with Gasteiger partial charge in [0.2, 0.25) is 5.13 Å². The molecule has 1 atom stereocenters. The molecule has 0 radical (unpaired) electrons. The summed E-state index contributed by atoms with van der Waals surface area (Å²) in [5.41, 5.74) is 0. The first-order chi connectivity index (χ1) is 9.95. The Morgan fingerprint density at radius 1 is 1.43 bits per heavy atom. The van der Waals surface area contributed by atoms with Crippen LogP contribution in [0.5, 0.6) is 0 Å². The fourth-order valence-electron chi connectivity index (χ4n) is 1.63. The number of esters is 1. The van der Waals surface area contributed by atoms with Crippen LogP contribution in [-0.4, -0.2) is 52.0 Å². The van der Waals surface area contributed by atoms with E-state index in [1.807, 2.05) is 6.92 Å². The molecular formula is C11H14N4O4S2. The zero-order valence-electron chi connectivity index (χ0n) is 11.7. The van der Waals surface area contributed by atoms with Gasteiger partial charge in [-0.15, -0.1) is 10.2 Å². The lowest BCUT2D eigenvalue weighted by molar-refractivity contribution is -0.157. The van der Waals surface area contributed by atoms with E-state index in [-0.39, 0.29) is 5.13 Å². The van der Waals surface area contributed by atoms with Crippen LogP contribution in [0.1, 0.15) is 20.3 Å². The second-order valence-corrected chi connectivity index (χ2v) is 6.53. The van der Waals surface area contributed by atoms with E-state index in [4.69, 9.17) is 4.74 Å². The van der Waals surface area contributed by atoms with Crippen molar-refractivity contribution in [3.05, 3.63) is 0 Å². The third-order valence-corrected chi connectivity index (χ3v) is 4.82. The zero-order chi connectivity index (χ0) is 15.6. The molecule has 10 heteroatoms. The second kappa shape index (κ2) is 6.39. The third kappa shape index (κ3) is 3.16. The normalized spacial score (nSPS) is 18.5. The average Bonchev–Trinajstić information content (AvgIpc) is 2.96. The van der Waals surface area contributed by atoms with Crippen molar-refractivity contribution < 1.29 is 19.1 Å². The molecule has 1 saturated heterocycles. The van der Waals surface area contributed by atoms with Crippen molar-refractivity contribution in [1.29, 1.82) is 0 Å². The van der Waals surface area contributed by atoms with Gasteiger partial charge >= 0.3 is 12.0 Å². The van der Waals surface area contributed by atoms with E-state index in [1.165, 1.54) is 25.7 Å².